The highest BCUT2D eigenvalue weighted by molar-refractivity contribution is 5.85. The number of carbonyl (C=O) groups is 3. The molecule has 138 valence electrons. The number of amides is 3. The fourth-order valence-corrected chi connectivity index (χ4v) is 2.03. The minimum Gasteiger partial charge on any atom is -0.445 e. The summed E-state index contributed by atoms with van der Waals surface area (Å²) in [4.78, 5) is 34.8. The highest BCUT2D eigenvalue weighted by Crippen LogP contribution is 2.06. The minimum atomic E-state index is -0.746. The van der Waals surface area contributed by atoms with Gasteiger partial charge in [0, 0.05) is 13.0 Å². The van der Waals surface area contributed by atoms with Crippen LogP contribution in [-0.4, -0.2) is 30.5 Å². The maximum Gasteiger partial charge on any atom is 0.408 e. The molecule has 0 heterocycles. The molecule has 3 amide bonds. The van der Waals surface area contributed by atoms with Crippen molar-refractivity contribution in [2.24, 2.45) is 11.7 Å². The molecule has 1 atom stereocenters. The fraction of sp³-hybridized carbons (Fsp3) is 0.471. The van der Waals surface area contributed by atoms with Crippen LogP contribution in [0.15, 0.2) is 30.3 Å². The van der Waals surface area contributed by atoms with E-state index in [1.165, 1.54) is 0 Å². The summed E-state index contributed by atoms with van der Waals surface area (Å²) in [5.74, 6) is -0.686. The molecule has 1 rings (SSSR count). The predicted octanol–water partition coefficient (Wildman–Crippen LogP) is 0.824. The van der Waals surface area contributed by atoms with Crippen LogP contribution in [0, 0.1) is 5.92 Å². The van der Waals surface area contributed by atoms with Crippen LogP contribution in [0.4, 0.5) is 4.79 Å². The highest BCUT2D eigenvalue weighted by atomic mass is 16.5. The third kappa shape index (κ3) is 9.31. The van der Waals surface area contributed by atoms with E-state index in [0.717, 1.165) is 5.56 Å². The average Bonchev–Trinajstić information content (AvgIpc) is 2.56. The van der Waals surface area contributed by atoms with Gasteiger partial charge in [0.2, 0.25) is 5.91 Å². The molecule has 0 aliphatic heterocycles. The van der Waals surface area contributed by atoms with Crippen molar-refractivity contribution in [3.63, 3.8) is 0 Å². The lowest BCUT2D eigenvalue weighted by Gasteiger charge is -2.20. The molecular weight excluding hydrogens is 324 g/mol. The maximum atomic E-state index is 12.2. The monoisotopic (exact) mass is 350 g/mol. The van der Waals surface area contributed by atoms with Gasteiger partial charge < -0.3 is 15.8 Å². The Balaban J connectivity index is 2.46. The highest BCUT2D eigenvalue weighted by Gasteiger charge is 2.22. The molecule has 25 heavy (non-hydrogen) atoms. The Morgan fingerprint density at radius 3 is 2.44 bits per heavy atom. The van der Waals surface area contributed by atoms with E-state index in [-0.39, 0.29) is 25.5 Å². The molecule has 0 aromatic heterocycles. The van der Waals surface area contributed by atoms with Gasteiger partial charge in [-0.1, -0.05) is 44.2 Å². The van der Waals surface area contributed by atoms with Crippen LogP contribution in [0.5, 0.6) is 0 Å². The first-order valence-electron chi connectivity index (χ1n) is 8.16. The summed E-state index contributed by atoms with van der Waals surface area (Å²) in [5.41, 5.74) is 10.9. The molecule has 1 aromatic carbocycles. The first kappa shape index (κ1) is 20.4. The molecule has 0 aliphatic carbocycles. The zero-order valence-electron chi connectivity index (χ0n) is 14.6. The molecule has 0 saturated heterocycles. The molecule has 0 saturated carbocycles. The topological polar surface area (TPSA) is 123 Å². The summed E-state index contributed by atoms with van der Waals surface area (Å²) in [5, 5.41) is 2.56. The van der Waals surface area contributed by atoms with Gasteiger partial charge in [-0.25, -0.2) is 10.2 Å². The van der Waals surface area contributed by atoms with E-state index >= 15 is 0 Å². The Kier molecular flexibility index (Phi) is 9.02. The van der Waals surface area contributed by atoms with Crippen LogP contribution < -0.4 is 21.9 Å². The number of nitrogens with two attached hydrogens (primary N) is 1. The Morgan fingerprint density at radius 1 is 1.16 bits per heavy atom. The minimum absolute atomic E-state index is 0.0989. The van der Waals surface area contributed by atoms with Crippen LogP contribution >= 0.6 is 0 Å². The van der Waals surface area contributed by atoms with Crippen molar-refractivity contribution in [1.82, 2.24) is 16.2 Å². The second-order valence-corrected chi connectivity index (χ2v) is 6.02. The summed E-state index contributed by atoms with van der Waals surface area (Å²) in [7, 11) is 0. The normalized spacial score (nSPS) is 11.6. The van der Waals surface area contributed by atoms with Gasteiger partial charge in [0.1, 0.15) is 12.6 Å². The number of benzene rings is 1. The molecule has 0 spiro atoms. The molecule has 1 aromatic rings. The van der Waals surface area contributed by atoms with Gasteiger partial charge in [0.05, 0.1) is 0 Å². The molecule has 0 aliphatic rings. The SMILES string of the molecule is CC(C)C[C@H](NC(=O)OCc1ccccc1)C(=O)NNCCC(N)=O. The summed E-state index contributed by atoms with van der Waals surface area (Å²) in [6, 6.07) is 8.51. The third-order valence-electron chi connectivity index (χ3n) is 3.24. The molecule has 0 fully saturated rings. The van der Waals surface area contributed by atoms with E-state index in [0.29, 0.717) is 6.42 Å². The summed E-state index contributed by atoms with van der Waals surface area (Å²) in [6.07, 6.45) is -0.118. The Bertz CT molecular complexity index is 563. The van der Waals surface area contributed by atoms with Crippen molar-refractivity contribution < 1.29 is 19.1 Å². The summed E-state index contributed by atoms with van der Waals surface area (Å²) >= 11 is 0. The van der Waals surface area contributed by atoms with Crippen LogP contribution in [-0.2, 0) is 20.9 Å². The van der Waals surface area contributed by atoms with Gasteiger partial charge in [0.25, 0.3) is 5.91 Å². The lowest BCUT2D eigenvalue weighted by Crippen LogP contribution is -2.51. The van der Waals surface area contributed by atoms with E-state index < -0.39 is 23.9 Å². The molecule has 0 radical (unpaired) electrons. The standard InChI is InChI=1S/C17H26N4O4/c1-12(2)10-14(16(23)21-19-9-8-15(18)22)20-17(24)25-11-13-6-4-3-5-7-13/h3-7,12,14,19H,8-11H2,1-2H3,(H2,18,22)(H,20,24)(H,21,23)/t14-/m0/s1. The van der Waals surface area contributed by atoms with Crippen LogP contribution in [0.1, 0.15) is 32.3 Å². The van der Waals surface area contributed by atoms with Crippen molar-refractivity contribution in [2.75, 3.05) is 6.54 Å². The number of hydrogen-bond acceptors (Lipinski definition) is 5. The van der Waals surface area contributed by atoms with Crippen LogP contribution in [0.3, 0.4) is 0 Å². The third-order valence-corrected chi connectivity index (χ3v) is 3.24. The summed E-state index contributed by atoms with van der Waals surface area (Å²) in [6.45, 7) is 4.23. The number of hydrazine groups is 1. The molecule has 0 bridgehead atoms. The van der Waals surface area contributed by atoms with E-state index in [2.05, 4.69) is 16.2 Å². The van der Waals surface area contributed by atoms with Crippen LogP contribution in [0.2, 0.25) is 0 Å². The van der Waals surface area contributed by atoms with E-state index in [4.69, 9.17) is 10.5 Å². The predicted molar refractivity (Wildman–Crippen MR) is 93.0 cm³/mol. The lowest BCUT2D eigenvalue weighted by molar-refractivity contribution is -0.125. The van der Waals surface area contributed by atoms with E-state index in [9.17, 15) is 14.4 Å². The first-order chi connectivity index (χ1) is 11.9. The number of ether oxygens (including phenoxy) is 1. The van der Waals surface area contributed by atoms with Crippen molar-refractivity contribution in [2.45, 2.75) is 39.3 Å². The second kappa shape index (κ2) is 11.0. The second-order valence-electron chi connectivity index (χ2n) is 6.02. The van der Waals surface area contributed by atoms with Gasteiger partial charge in [-0.15, -0.1) is 0 Å². The first-order valence-corrected chi connectivity index (χ1v) is 8.16. The zero-order valence-corrected chi connectivity index (χ0v) is 14.6. The lowest BCUT2D eigenvalue weighted by atomic mass is 10.0. The van der Waals surface area contributed by atoms with E-state index in [1.54, 1.807) is 0 Å². The Morgan fingerprint density at radius 2 is 1.84 bits per heavy atom. The van der Waals surface area contributed by atoms with Gasteiger partial charge in [-0.05, 0) is 17.9 Å². The maximum absolute atomic E-state index is 12.2. The molecule has 8 nitrogen and oxygen atoms in total. The Hall–Kier alpha value is -2.61. The van der Waals surface area contributed by atoms with Crippen LogP contribution in [0.25, 0.3) is 0 Å². The van der Waals surface area contributed by atoms with Gasteiger partial charge in [-0.3, -0.25) is 15.0 Å². The number of rotatable bonds is 10. The number of carbonyl (C=O) groups excluding carboxylic acids is 3. The fourth-order valence-electron chi connectivity index (χ4n) is 2.03. The largest absolute Gasteiger partial charge is 0.445 e. The number of primary amides is 1. The molecule has 0 unspecified atom stereocenters. The van der Waals surface area contributed by atoms with Crippen molar-refractivity contribution in [3.8, 4) is 0 Å². The van der Waals surface area contributed by atoms with Crippen molar-refractivity contribution in [3.05, 3.63) is 35.9 Å². The smallest absolute Gasteiger partial charge is 0.408 e. The van der Waals surface area contributed by atoms with Gasteiger partial charge in [0.15, 0.2) is 0 Å². The quantitative estimate of drug-likeness (QED) is 0.368. The average molecular weight is 350 g/mol. The zero-order chi connectivity index (χ0) is 18.7. The van der Waals surface area contributed by atoms with Crippen molar-refractivity contribution >= 4 is 17.9 Å². The van der Waals surface area contributed by atoms with Gasteiger partial charge >= 0.3 is 6.09 Å². The molecule has 5 N–H and O–H groups in total. The Labute approximate surface area is 147 Å². The number of hydrogen-bond donors (Lipinski definition) is 4. The molecular formula is C17H26N4O4. The van der Waals surface area contributed by atoms with Crippen molar-refractivity contribution in [1.29, 1.82) is 0 Å². The van der Waals surface area contributed by atoms with Gasteiger partial charge in [-0.2, -0.15) is 0 Å². The number of alkyl carbamates (subject to hydrolysis) is 1. The molecule has 8 heteroatoms. The van der Waals surface area contributed by atoms with E-state index in [1.807, 2.05) is 44.2 Å². The number of nitrogens with one attached hydrogen (secondary N) is 3. The summed E-state index contributed by atoms with van der Waals surface area (Å²) < 4.78 is 5.14.